The molecule has 21 heavy (non-hydrogen) atoms. The fourth-order valence-electron chi connectivity index (χ4n) is 3.72. The average molecular weight is 290 g/mol. The van der Waals surface area contributed by atoms with Gasteiger partial charge in [0.2, 0.25) is 0 Å². The van der Waals surface area contributed by atoms with Crippen molar-refractivity contribution in [1.29, 1.82) is 0 Å². The Labute approximate surface area is 126 Å². The van der Waals surface area contributed by atoms with E-state index in [0.717, 1.165) is 36.6 Å². The Bertz CT molecular complexity index is 484. The Morgan fingerprint density at radius 3 is 3.10 bits per heavy atom. The van der Waals surface area contributed by atoms with E-state index < -0.39 is 0 Å². The highest BCUT2D eigenvalue weighted by Crippen LogP contribution is 2.26. The van der Waals surface area contributed by atoms with E-state index >= 15 is 0 Å². The van der Waals surface area contributed by atoms with Crippen molar-refractivity contribution in [1.82, 2.24) is 20.3 Å². The van der Waals surface area contributed by atoms with Gasteiger partial charge in [-0.05, 0) is 39.2 Å². The Morgan fingerprint density at radius 2 is 2.24 bits per heavy atom. The number of fused-ring (bicyclic) bond motifs is 1. The maximum absolute atomic E-state index is 5.53. The van der Waals surface area contributed by atoms with Crippen LogP contribution in [-0.4, -0.2) is 52.7 Å². The lowest BCUT2D eigenvalue weighted by atomic mass is 10.1. The van der Waals surface area contributed by atoms with Crippen LogP contribution < -0.4 is 5.32 Å². The lowest BCUT2D eigenvalue weighted by Gasteiger charge is -2.41. The molecule has 0 amide bonds. The third kappa shape index (κ3) is 3.15. The van der Waals surface area contributed by atoms with Crippen molar-refractivity contribution in [2.45, 2.75) is 63.8 Å². The maximum atomic E-state index is 5.53. The molecular weight excluding hydrogens is 264 g/mol. The second-order valence-electron chi connectivity index (χ2n) is 7.01. The van der Waals surface area contributed by atoms with Crippen LogP contribution in [0.2, 0.25) is 0 Å². The Kier molecular flexibility index (Phi) is 3.73. The zero-order valence-electron chi connectivity index (χ0n) is 12.9. The summed E-state index contributed by atoms with van der Waals surface area (Å²) >= 11 is 0. The molecule has 2 atom stereocenters. The lowest BCUT2D eigenvalue weighted by Crippen LogP contribution is -2.54. The molecule has 1 aromatic heterocycles. The number of piperazine rings is 1. The van der Waals surface area contributed by atoms with Crippen LogP contribution in [0, 0.1) is 0 Å². The van der Waals surface area contributed by atoms with E-state index in [4.69, 9.17) is 4.52 Å². The molecule has 116 valence electrons. The smallest absolute Gasteiger partial charge is 0.151 e. The van der Waals surface area contributed by atoms with E-state index in [0.29, 0.717) is 6.04 Å². The minimum Gasteiger partial charge on any atom is -0.360 e. The first-order valence-electron chi connectivity index (χ1n) is 8.44. The molecule has 1 N–H and O–H groups in total. The van der Waals surface area contributed by atoms with Gasteiger partial charge >= 0.3 is 0 Å². The number of hydrogen-bond donors (Lipinski definition) is 1. The standard InChI is InChI=1S/C16H26N4O/c1-12-9-19-6-2-3-15(19)10-20(12)11-16-7-14(18-21-16)8-17-13-4-5-13/h7,12-13,15,17H,2-6,8-11H2,1H3. The predicted molar refractivity (Wildman–Crippen MR) is 80.8 cm³/mol. The molecule has 3 heterocycles. The second-order valence-corrected chi connectivity index (χ2v) is 7.01. The molecule has 1 aromatic rings. The lowest BCUT2D eigenvalue weighted by molar-refractivity contribution is 0.0480. The zero-order chi connectivity index (χ0) is 14.2. The minimum atomic E-state index is 0.609. The number of aromatic nitrogens is 1. The van der Waals surface area contributed by atoms with Crippen molar-refractivity contribution in [3.05, 3.63) is 17.5 Å². The van der Waals surface area contributed by atoms with Gasteiger partial charge in [0.1, 0.15) is 0 Å². The fourth-order valence-corrected chi connectivity index (χ4v) is 3.72. The summed E-state index contributed by atoms with van der Waals surface area (Å²) in [5, 5.41) is 7.68. The van der Waals surface area contributed by atoms with Gasteiger partial charge in [0.25, 0.3) is 0 Å². The molecule has 2 saturated heterocycles. The first kappa shape index (κ1) is 13.7. The third-order valence-corrected chi connectivity index (χ3v) is 5.18. The molecule has 2 unspecified atom stereocenters. The highest BCUT2D eigenvalue weighted by molar-refractivity contribution is 5.06. The molecule has 0 aromatic carbocycles. The summed E-state index contributed by atoms with van der Waals surface area (Å²) in [7, 11) is 0. The van der Waals surface area contributed by atoms with Crippen LogP contribution in [0.25, 0.3) is 0 Å². The highest BCUT2D eigenvalue weighted by Gasteiger charge is 2.34. The van der Waals surface area contributed by atoms with E-state index in [2.05, 4.69) is 33.3 Å². The van der Waals surface area contributed by atoms with Gasteiger partial charge in [-0.15, -0.1) is 0 Å². The summed E-state index contributed by atoms with van der Waals surface area (Å²) < 4.78 is 5.53. The van der Waals surface area contributed by atoms with E-state index in [1.165, 1.54) is 45.3 Å². The third-order valence-electron chi connectivity index (χ3n) is 5.18. The van der Waals surface area contributed by atoms with Crippen LogP contribution in [0.1, 0.15) is 44.1 Å². The molecule has 5 heteroatoms. The molecular formula is C16H26N4O. The number of nitrogens with zero attached hydrogens (tertiary/aromatic N) is 3. The van der Waals surface area contributed by atoms with Crippen LogP contribution in [0.15, 0.2) is 10.6 Å². The topological polar surface area (TPSA) is 44.5 Å². The summed E-state index contributed by atoms with van der Waals surface area (Å²) in [5.41, 5.74) is 1.05. The molecule has 4 rings (SSSR count). The number of rotatable bonds is 5. The fraction of sp³-hybridized carbons (Fsp3) is 0.812. The number of hydrogen-bond acceptors (Lipinski definition) is 5. The average Bonchev–Trinajstić information content (AvgIpc) is 3.02. The van der Waals surface area contributed by atoms with Gasteiger partial charge in [-0.1, -0.05) is 5.16 Å². The molecule has 3 aliphatic rings. The van der Waals surface area contributed by atoms with Gasteiger partial charge in [0, 0.05) is 43.8 Å². The van der Waals surface area contributed by atoms with E-state index in [-0.39, 0.29) is 0 Å². The largest absolute Gasteiger partial charge is 0.360 e. The quantitative estimate of drug-likeness (QED) is 0.892. The molecule has 3 fully saturated rings. The first-order valence-corrected chi connectivity index (χ1v) is 8.44. The predicted octanol–water partition coefficient (Wildman–Crippen LogP) is 1.60. The van der Waals surface area contributed by atoms with Crippen LogP contribution in [0.4, 0.5) is 0 Å². The van der Waals surface area contributed by atoms with Crippen LogP contribution in [0.5, 0.6) is 0 Å². The van der Waals surface area contributed by atoms with Gasteiger partial charge < -0.3 is 9.84 Å². The normalized spacial score (nSPS) is 30.7. The van der Waals surface area contributed by atoms with Gasteiger partial charge in [0.15, 0.2) is 5.76 Å². The molecule has 1 saturated carbocycles. The SMILES string of the molecule is CC1CN2CCCC2CN1Cc1cc(CNC2CC2)no1. The van der Waals surface area contributed by atoms with Crippen LogP contribution >= 0.6 is 0 Å². The van der Waals surface area contributed by atoms with Crippen molar-refractivity contribution in [3.63, 3.8) is 0 Å². The molecule has 2 aliphatic heterocycles. The van der Waals surface area contributed by atoms with Crippen molar-refractivity contribution in [3.8, 4) is 0 Å². The van der Waals surface area contributed by atoms with Gasteiger partial charge in [-0.3, -0.25) is 9.80 Å². The monoisotopic (exact) mass is 290 g/mol. The summed E-state index contributed by atoms with van der Waals surface area (Å²) in [6, 6.07) is 4.22. The first-order chi connectivity index (χ1) is 10.3. The molecule has 0 spiro atoms. The van der Waals surface area contributed by atoms with Crippen LogP contribution in [0.3, 0.4) is 0 Å². The summed E-state index contributed by atoms with van der Waals surface area (Å²) in [4.78, 5) is 5.22. The van der Waals surface area contributed by atoms with Gasteiger partial charge in [-0.2, -0.15) is 0 Å². The van der Waals surface area contributed by atoms with Crippen LogP contribution in [-0.2, 0) is 13.1 Å². The molecule has 1 aliphatic carbocycles. The van der Waals surface area contributed by atoms with E-state index in [9.17, 15) is 0 Å². The van der Waals surface area contributed by atoms with Gasteiger partial charge in [-0.25, -0.2) is 0 Å². The number of nitrogens with one attached hydrogen (secondary N) is 1. The van der Waals surface area contributed by atoms with E-state index in [1.54, 1.807) is 0 Å². The Balaban J connectivity index is 1.34. The Hall–Kier alpha value is -0.910. The van der Waals surface area contributed by atoms with Crippen molar-refractivity contribution in [2.75, 3.05) is 19.6 Å². The minimum absolute atomic E-state index is 0.609. The van der Waals surface area contributed by atoms with Crippen molar-refractivity contribution < 1.29 is 4.52 Å². The second kappa shape index (κ2) is 5.71. The molecule has 0 radical (unpaired) electrons. The highest BCUT2D eigenvalue weighted by atomic mass is 16.5. The van der Waals surface area contributed by atoms with Crippen molar-refractivity contribution in [2.24, 2.45) is 0 Å². The maximum Gasteiger partial charge on any atom is 0.151 e. The van der Waals surface area contributed by atoms with Gasteiger partial charge in [0.05, 0.1) is 12.2 Å². The molecule has 0 bridgehead atoms. The van der Waals surface area contributed by atoms with Crippen molar-refractivity contribution >= 4 is 0 Å². The van der Waals surface area contributed by atoms with E-state index in [1.807, 2.05) is 0 Å². The summed E-state index contributed by atoms with van der Waals surface area (Å²) in [6.07, 6.45) is 5.35. The zero-order valence-corrected chi connectivity index (χ0v) is 12.9. The molecule has 5 nitrogen and oxygen atoms in total. The summed E-state index contributed by atoms with van der Waals surface area (Å²) in [5.74, 6) is 1.01. The Morgan fingerprint density at radius 1 is 1.33 bits per heavy atom. The summed E-state index contributed by atoms with van der Waals surface area (Å²) in [6.45, 7) is 7.76.